The molecule has 2 atom stereocenters. The molecule has 0 spiro atoms. The van der Waals surface area contributed by atoms with Gasteiger partial charge in [0.15, 0.2) is 0 Å². The molecular formula is C14H14F3N3O. The number of hydrogen-bond donors (Lipinski definition) is 2. The lowest BCUT2D eigenvalue weighted by Crippen LogP contribution is -2.34. The molecule has 0 saturated heterocycles. The number of rotatable bonds is 3. The number of alkyl halides is 3. The molecule has 0 unspecified atom stereocenters. The Balaban J connectivity index is 2.25. The summed E-state index contributed by atoms with van der Waals surface area (Å²) in [7, 11) is 0. The second kappa shape index (κ2) is 5.64. The average molecular weight is 297 g/mol. The molecule has 0 aliphatic heterocycles. The van der Waals surface area contributed by atoms with Crippen LogP contribution in [-0.4, -0.2) is 11.9 Å². The van der Waals surface area contributed by atoms with E-state index in [2.05, 4.69) is 5.32 Å². The van der Waals surface area contributed by atoms with Crippen molar-refractivity contribution in [2.75, 3.05) is 5.32 Å². The first-order chi connectivity index (χ1) is 9.82. The predicted molar refractivity (Wildman–Crippen MR) is 70.1 cm³/mol. The van der Waals surface area contributed by atoms with Gasteiger partial charge in [-0.15, -0.1) is 0 Å². The Bertz CT molecular complexity index is 592. The summed E-state index contributed by atoms with van der Waals surface area (Å²) in [5.41, 5.74) is 4.63. The van der Waals surface area contributed by atoms with Crippen LogP contribution in [0.4, 0.5) is 18.9 Å². The first-order valence-corrected chi connectivity index (χ1v) is 6.50. The number of benzene rings is 1. The van der Waals surface area contributed by atoms with Crippen LogP contribution in [0.2, 0.25) is 0 Å². The van der Waals surface area contributed by atoms with Crippen LogP contribution >= 0.6 is 0 Å². The molecule has 1 aliphatic carbocycles. The summed E-state index contributed by atoms with van der Waals surface area (Å²) < 4.78 is 37.9. The zero-order valence-electron chi connectivity index (χ0n) is 11.1. The lowest BCUT2D eigenvalue weighted by atomic mass is 10.0. The second-order valence-electron chi connectivity index (χ2n) is 5.06. The monoisotopic (exact) mass is 297 g/mol. The minimum Gasteiger partial charge on any atom is -0.380 e. The number of nitrogens with two attached hydrogens (primary N) is 1. The van der Waals surface area contributed by atoms with Crippen molar-refractivity contribution < 1.29 is 18.0 Å². The van der Waals surface area contributed by atoms with Gasteiger partial charge in [-0.2, -0.15) is 18.4 Å². The maximum Gasteiger partial charge on any atom is 0.416 e. The van der Waals surface area contributed by atoms with Crippen molar-refractivity contribution in [2.45, 2.75) is 31.5 Å². The zero-order valence-corrected chi connectivity index (χ0v) is 11.1. The van der Waals surface area contributed by atoms with E-state index in [1.165, 1.54) is 6.07 Å². The first kappa shape index (κ1) is 15.2. The maximum atomic E-state index is 12.6. The smallest absolute Gasteiger partial charge is 0.380 e. The maximum absolute atomic E-state index is 12.6. The standard InChI is InChI=1S/C14H14F3N3O/c15-14(16,17)9-4-5-11(8(6-9)7-18)20-12-3-1-2-10(12)13(19)21/h4-6,10,12,20H,1-3H2,(H2,19,21)/t10-,12-/m0/s1. The molecule has 1 saturated carbocycles. The number of amides is 1. The Labute approximate surface area is 119 Å². The van der Waals surface area contributed by atoms with Crippen molar-refractivity contribution in [3.63, 3.8) is 0 Å². The van der Waals surface area contributed by atoms with Crippen molar-refractivity contribution in [2.24, 2.45) is 11.7 Å². The molecule has 0 bridgehead atoms. The lowest BCUT2D eigenvalue weighted by molar-refractivity contribution is -0.137. The van der Waals surface area contributed by atoms with Gasteiger partial charge in [0.2, 0.25) is 5.91 Å². The summed E-state index contributed by atoms with van der Waals surface area (Å²) in [4.78, 5) is 11.3. The lowest BCUT2D eigenvalue weighted by Gasteiger charge is -2.20. The van der Waals surface area contributed by atoms with E-state index in [1.807, 2.05) is 0 Å². The fraction of sp³-hybridized carbons (Fsp3) is 0.429. The summed E-state index contributed by atoms with van der Waals surface area (Å²) in [6.45, 7) is 0. The van der Waals surface area contributed by atoms with Crippen molar-refractivity contribution >= 4 is 11.6 Å². The number of hydrogen-bond acceptors (Lipinski definition) is 3. The Hall–Kier alpha value is -2.23. The number of primary amides is 1. The van der Waals surface area contributed by atoms with Gasteiger partial charge in [0.1, 0.15) is 6.07 Å². The van der Waals surface area contributed by atoms with Gasteiger partial charge >= 0.3 is 6.18 Å². The molecule has 1 amide bonds. The summed E-state index contributed by atoms with van der Waals surface area (Å²) in [5, 5.41) is 12.0. The quantitative estimate of drug-likeness (QED) is 0.900. The van der Waals surface area contributed by atoms with E-state index in [-0.39, 0.29) is 17.5 Å². The highest BCUT2D eigenvalue weighted by atomic mass is 19.4. The molecule has 21 heavy (non-hydrogen) atoms. The fourth-order valence-electron chi connectivity index (χ4n) is 2.61. The van der Waals surface area contributed by atoms with Gasteiger partial charge in [0.05, 0.1) is 22.7 Å². The third-order valence-electron chi connectivity index (χ3n) is 3.69. The third-order valence-corrected chi connectivity index (χ3v) is 3.69. The second-order valence-corrected chi connectivity index (χ2v) is 5.06. The van der Waals surface area contributed by atoms with Gasteiger partial charge in [0, 0.05) is 6.04 Å². The van der Waals surface area contributed by atoms with Gasteiger partial charge in [-0.25, -0.2) is 0 Å². The third kappa shape index (κ3) is 3.27. The average Bonchev–Trinajstić information content (AvgIpc) is 2.86. The zero-order chi connectivity index (χ0) is 15.6. The van der Waals surface area contributed by atoms with Crippen molar-refractivity contribution in [3.8, 4) is 6.07 Å². The molecule has 1 fully saturated rings. The van der Waals surface area contributed by atoms with Crippen molar-refractivity contribution in [1.29, 1.82) is 5.26 Å². The topological polar surface area (TPSA) is 78.9 Å². The molecular weight excluding hydrogens is 283 g/mol. The molecule has 0 aromatic heterocycles. The molecule has 1 aromatic carbocycles. The van der Waals surface area contributed by atoms with E-state index >= 15 is 0 Å². The number of nitriles is 1. The van der Waals surface area contributed by atoms with Crippen LogP contribution in [0.15, 0.2) is 18.2 Å². The predicted octanol–water partition coefficient (Wildman–Crippen LogP) is 2.64. The van der Waals surface area contributed by atoms with Gasteiger partial charge < -0.3 is 11.1 Å². The van der Waals surface area contributed by atoms with Crippen LogP contribution in [0.1, 0.15) is 30.4 Å². The normalized spacial score (nSPS) is 21.8. The summed E-state index contributed by atoms with van der Waals surface area (Å²) in [6, 6.07) is 4.44. The van der Waals surface area contributed by atoms with Gasteiger partial charge in [-0.3, -0.25) is 4.79 Å². The number of carbonyl (C=O) groups excluding carboxylic acids is 1. The molecule has 2 rings (SSSR count). The Morgan fingerprint density at radius 1 is 1.38 bits per heavy atom. The molecule has 112 valence electrons. The minimum absolute atomic E-state index is 0.0973. The molecule has 1 aromatic rings. The first-order valence-electron chi connectivity index (χ1n) is 6.50. The highest BCUT2D eigenvalue weighted by molar-refractivity contribution is 5.78. The Kier molecular flexibility index (Phi) is 4.07. The van der Waals surface area contributed by atoms with Gasteiger partial charge in [-0.1, -0.05) is 6.42 Å². The van der Waals surface area contributed by atoms with E-state index in [1.54, 1.807) is 6.07 Å². The molecule has 7 heteroatoms. The number of carbonyl (C=O) groups is 1. The van der Waals surface area contributed by atoms with E-state index < -0.39 is 17.6 Å². The van der Waals surface area contributed by atoms with E-state index in [0.717, 1.165) is 18.6 Å². The van der Waals surface area contributed by atoms with Gasteiger partial charge in [-0.05, 0) is 31.0 Å². The molecule has 1 aliphatic rings. The SMILES string of the molecule is N#Cc1cc(C(F)(F)F)ccc1N[C@H]1CCC[C@@H]1C(N)=O. The highest BCUT2D eigenvalue weighted by Gasteiger charge is 2.33. The Morgan fingerprint density at radius 3 is 2.67 bits per heavy atom. The van der Waals surface area contributed by atoms with Crippen LogP contribution in [-0.2, 0) is 11.0 Å². The number of nitrogens with one attached hydrogen (secondary N) is 1. The van der Waals surface area contributed by atoms with Crippen LogP contribution in [0.25, 0.3) is 0 Å². The Morgan fingerprint density at radius 2 is 2.10 bits per heavy atom. The summed E-state index contributed by atoms with van der Waals surface area (Å²) in [6.07, 6.45) is -2.34. The van der Waals surface area contributed by atoms with E-state index in [0.29, 0.717) is 18.5 Å². The summed E-state index contributed by atoms with van der Waals surface area (Å²) >= 11 is 0. The van der Waals surface area contributed by atoms with Crippen LogP contribution < -0.4 is 11.1 Å². The number of nitrogens with zero attached hydrogens (tertiary/aromatic N) is 1. The summed E-state index contributed by atoms with van der Waals surface area (Å²) in [5.74, 6) is -0.797. The molecule has 0 radical (unpaired) electrons. The van der Waals surface area contributed by atoms with Crippen molar-refractivity contribution in [3.05, 3.63) is 29.3 Å². The van der Waals surface area contributed by atoms with E-state index in [4.69, 9.17) is 11.0 Å². The van der Waals surface area contributed by atoms with Crippen molar-refractivity contribution in [1.82, 2.24) is 0 Å². The van der Waals surface area contributed by atoms with Crippen LogP contribution in [0.3, 0.4) is 0 Å². The van der Waals surface area contributed by atoms with Gasteiger partial charge in [0.25, 0.3) is 0 Å². The minimum atomic E-state index is -4.49. The molecule has 4 nitrogen and oxygen atoms in total. The fourth-order valence-corrected chi connectivity index (χ4v) is 2.61. The number of anilines is 1. The molecule has 3 N–H and O–H groups in total. The van der Waals surface area contributed by atoms with Crippen LogP contribution in [0.5, 0.6) is 0 Å². The van der Waals surface area contributed by atoms with Crippen LogP contribution in [0, 0.1) is 17.2 Å². The highest BCUT2D eigenvalue weighted by Crippen LogP contribution is 2.33. The van der Waals surface area contributed by atoms with E-state index in [9.17, 15) is 18.0 Å². The molecule has 0 heterocycles. The number of halogens is 3. The largest absolute Gasteiger partial charge is 0.416 e.